The first-order valence-corrected chi connectivity index (χ1v) is 7.00. The lowest BCUT2D eigenvalue weighted by Gasteiger charge is -2.07. The summed E-state index contributed by atoms with van der Waals surface area (Å²) >= 11 is 0. The van der Waals surface area contributed by atoms with Crippen molar-refractivity contribution >= 4 is 22.6 Å². The number of carbonyl (C=O) groups excluding carboxylic acids is 1. The lowest BCUT2D eigenvalue weighted by Crippen LogP contribution is -2.28. The first kappa shape index (κ1) is 14.0. The Morgan fingerprint density at radius 3 is 2.68 bits per heavy atom. The number of methoxy groups -OCH3 is 1. The SMILES string of the molecule is COc1ccc(CNC(=O)Nc2c[nH]c3ccccc23)cc1. The number of nitrogens with one attached hydrogen (secondary N) is 3. The third-order valence-corrected chi connectivity index (χ3v) is 3.45. The Bertz CT molecular complexity index is 778. The molecule has 3 N–H and O–H groups in total. The second-order valence-corrected chi connectivity index (χ2v) is 4.90. The van der Waals surface area contributed by atoms with Gasteiger partial charge in [0.2, 0.25) is 0 Å². The number of urea groups is 1. The highest BCUT2D eigenvalue weighted by molar-refractivity contribution is 6.00. The van der Waals surface area contributed by atoms with E-state index >= 15 is 0 Å². The van der Waals surface area contributed by atoms with E-state index in [1.165, 1.54) is 0 Å². The minimum Gasteiger partial charge on any atom is -0.497 e. The van der Waals surface area contributed by atoms with Crippen molar-refractivity contribution < 1.29 is 9.53 Å². The number of rotatable bonds is 4. The van der Waals surface area contributed by atoms with E-state index in [1.54, 1.807) is 13.3 Å². The largest absolute Gasteiger partial charge is 0.497 e. The van der Waals surface area contributed by atoms with Crippen LogP contribution in [0.1, 0.15) is 5.56 Å². The zero-order chi connectivity index (χ0) is 15.4. The molecule has 3 rings (SSSR count). The van der Waals surface area contributed by atoms with E-state index in [1.807, 2.05) is 48.5 Å². The van der Waals surface area contributed by atoms with Crippen molar-refractivity contribution in [3.8, 4) is 5.75 Å². The predicted octanol–water partition coefficient (Wildman–Crippen LogP) is 3.50. The summed E-state index contributed by atoms with van der Waals surface area (Å²) in [5.41, 5.74) is 2.77. The molecule has 112 valence electrons. The molecule has 0 atom stereocenters. The van der Waals surface area contributed by atoms with Crippen molar-refractivity contribution in [2.75, 3.05) is 12.4 Å². The minimum absolute atomic E-state index is 0.236. The Labute approximate surface area is 128 Å². The number of para-hydroxylation sites is 1. The monoisotopic (exact) mass is 295 g/mol. The highest BCUT2D eigenvalue weighted by Crippen LogP contribution is 2.22. The van der Waals surface area contributed by atoms with Gasteiger partial charge in [-0.15, -0.1) is 0 Å². The Kier molecular flexibility index (Phi) is 3.96. The number of benzene rings is 2. The molecular formula is C17H17N3O2. The van der Waals surface area contributed by atoms with Crippen LogP contribution in [0.5, 0.6) is 5.75 Å². The molecule has 0 aliphatic heterocycles. The summed E-state index contributed by atoms with van der Waals surface area (Å²) in [6.07, 6.45) is 1.79. The van der Waals surface area contributed by atoms with Crippen molar-refractivity contribution in [3.63, 3.8) is 0 Å². The molecule has 3 aromatic rings. The molecule has 1 aromatic heterocycles. The average molecular weight is 295 g/mol. The topological polar surface area (TPSA) is 66.2 Å². The van der Waals surface area contributed by atoms with E-state index in [4.69, 9.17) is 4.74 Å². The number of carbonyl (C=O) groups is 1. The fourth-order valence-electron chi connectivity index (χ4n) is 2.27. The second kappa shape index (κ2) is 6.22. The Morgan fingerprint density at radius 1 is 1.14 bits per heavy atom. The smallest absolute Gasteiger partial charge is 0.319 e. The van der Waals surface area contributed by atoms with Crippen LogP contribution in [0.25, 0.3) is 10.9 Å². The normalized spacial score (nSPS) is 10.4. The molecule has 1 heterocycles. The van der Waals surface area contributed by atoms with Crippen LogP contribution >= 0.6 is 0 Å². The van der Waals surface area contributed by atoms with Gasteiger partial charge in [-0.3, -0.25) is 0 Å². The molecule has 0 saturated carbocycles. The molecule has 5 nitrogen and oxygen atoms in total. The fourth-order valence-corrected chi connectivity index (χ4v) is 2.27. The molecule has 0 saturated heterocycles. The van der Waals surface area contributed by atoms with Crippen LogP contribution in [0, 0.1) is 0 Å². The van der Waals surface area contributed by atoms with E-state index in [2.05, 4.69) is 15.6 Å². The van der Waals surface area contributed by atoms with Crippen LogP contribution in [0.3, 0.4) is 0 Å². The zero-order valence-corrected chi connectivity index (χ0v) is 12.2. The van der Waals surface area contributed by atoms with Crippen molar-refractivity contribution in [2.24, 2.45) is 0 Å². The molecule has 0 bridgehead atoms. The van der Waals surface area contributed by atoms with Gasteiger partial charge in [-0.25, -0.2) is 4.79 Å². The van der Waals surface area contributed by atoms with Gasteiger partial charge in [-0.2, -0.15) is 0 Å². The van der Waals surface area contributed by atoms with Crippen LogP contribution in [0.2, 0.25) is 0 Å². The second-order valence-electron chi connectivity index (χ2n) is 4.90. The molecular weight excluding hydrogens is 278 g/mol. The molecule has 22 heavy (non-hydrogen) atoms. The quantitative estimate of drug-likeness (QED) is 0.689. The summed E-state index contributed by atoms with van der Waals surface area (Å²) in [6.45, 7) is 0.457. The van der Waals surface area contributed by atoms with Gasteiger partial charge < -0.3 is 20.4 Å². The first-order chi connectivity index (χ1) is 10.8. The Balaban J connectivity index is 1.60. The number of fused-ring (bicyclic) bond motifs is 1. The van der Waals surface area contributed by atoms with Crippen molar-refractivity contribution in [2.45, 2.75) is 6.54 Å². The molecule has 0 aliphatic carbocycles. The van der Waals surface area contributed by atoms with Gasteiger partial charge in [-0.05, 0) is 23.8 Å². The van der Waals surface area contributed by atoms with E-state index in [-0.39, 0.29) is 6.03 Å². The van der Waals surface area contributed by atoms with Crippen LogP contribution in [-0.4, -0.2) is 18.1 Å². The highest BCUT2D eigenvalue weighted by Gasteiger charge is 2.06. The first-order valence-electron chi connectivity index (χ1n) is 7.00. The lowest BCUT2D eigenvalue weighted by molar-refractivity contribution is 0.252. The standard InChI is InChI=1S/C17H17N3O2/c1-22-13-8-6-12(7-9-13)10-19-17(21)20-16-11-18-15-5-3-2-4-14(15)16/h2-9,11,18H,10H2,1H3,(H2,19,20,21). The molecule has 5 heteroatoms. The number of aromatic amines is 1. The van der Waals surface area contributed by atoms with Gasteiger partial charge in [0, 0.05) is 23.6 Å². The van der Waals surface area contributed by atoms with E-state index in [9.17, 15) is 4.79 Å². The van der Waals surface area contributed by atoms with Gasteiger partial charge in [0.05, 0.1) is 12.8 Å². The highest BCUT2D eigenvalue weighted by atomic mass is 16.5. The van der Waals surface area contributed by atoms with E-state index in [0.717, 1.165) is 27.9 Å². The summed E-state index contributed by atoms with van der Waals surface area (Å²) in [5, 5.41) is 6.67. The average Bonchev–Trinajstić information content (AvgIpc) is 2.97. The number of anilines is 1. The maximum Gasteiger partial charge on any atom is 0.319 e. The molecule has 0 radical (unpaired) electrons. The van der Waals surface area contributed by atoms with Gasteiger partial charge in [0.15, 0.2) is 0 Å². The number of aromatic nitrogens is 1. The summed E-state index contributed by atoms with van der Waals surface area (Å²) in [4.78, 5) is 15.1. The van der Waals surface area contributed by atoms with Crippen LogP contribution in [0.4, 0.5) is 10.5 Å². The summed E-state index contributed by atoms with van der Waals surface area (Å²) in [5.74, 6) is 0.798. The third kappa shape index (κ3) is 3.03. The Morgan fingerprint density at radius 2 is 1.91 bits per heavy atom. The fraction of sp³-hybridized carbons (Fsp3) is 0.118. The maximum atomic E-state index is 12.0. The van der Waals surface area contributed by atoms with Gasteiger partial charge in [-0.1, -0.05) is 30.3 Å². The minimum atomic E-state index is -0.236. The van der Waals surface area contributed by atoms with Crippen molar-refractivity contribution in [1.82, 2.24) is 10.3 Å². The van der Waals surface area contributed by atoms with Crippen molar-refractivity contribution in [1.29, 1.82) is 0 Å². The van der Waals surface area contributed by atoms with Gasteiger partial charge >= 0.3 is 6.03 Å². The predicted molar refractivity (Wildman–Crippen MR) is 87.2 cm³/mol. The van der Waals surface area contributed by atoms with Gasteiger partial charge in [0.1, 0.15) is 5.75 Å². The van der Waals surface area contributed by atoms with Crippen LogP contribution in [0.15, 0.2) is 54.7 Å². The molecule has 0 unspecified atom stereocenters. The molecule has 0 aliphatic rings. The Hall–Kier alpha value is -2.95. The summed E-state index contributed by atoms with van der Waals surface area (Å²) in [7, 11) is 1.63. The maximum absolute atomic E-state index is 12.0. The molecule has 0 fully saturated rings. The zero-order valence-electron chi connectivity index (χ0n) is 12.2. The lowest BCUT2D eigenvalue weighted by atomic mass is 10.2. The van der Waals surface area contributed by atoms with Crippen molar-refractivity contribution in [3.05, 3.63) is 60.3 Å². The van der Waals surface area contributed by atoms with E-state index in [0.29, 0.717) is 6.54 Å². The number of hydrogen-bond donors (Lipinski definition) is 3. The van der Waals surface area contributed by atoms with Crippen LogP contribution in [-0.2, 0) is 6.54 Å². The third-order valence-electron chi connectivity index (χ3n) is 3.45. The number of H-pyrrole nitrogens is 1. The van der Waals surface area contributed by atoms with Gasteiger partial charge in [0.25, 0.3) is 0 Å². The number of hydrogen-bond acceptors (Lipinski definition) is 2. The number of ether oxygens (including phenoxy) is 1. The van der Waals surface area contributed by atoms with E-state index < -0.39 is 0 Å². The molecule has 2 aromatic carbocycles. The molecule has 2 amide bonds. The number of amides is 2. The molecule has 0 spiro atoms. The summed E-state index contributed by atoms with van der Waals surface area (Å²) < 4.78 is 5.10. The van der Waals surface area contributed by atoms with Crippen LogP contribution < -0.4 is 15.4 Å². The summed E-state index contributed by atoms with van der Waals surface area (Å²) in [6, 6.07) is 15.2.